The van der Waals surface area contributed by atoms with E-state index in [0.29, 0.717) is 25.2 Å². The number of aromatic nitrogens is 1. The maximum absolute atomic E-state index is 13.0. The molecule has 1 aromatic carbocycles. The Kier molecular flexibility index (Phi) is 4.92. The Morgan fingerprint density at radius 2 is 1.70 bits per heavy atom. The Bertz CT molecular complexity index is 839. The third kappa shape index (κ3) is 3.72. The van der Waals surface area contributed by atoms with E-state index in [1.54, 1.807) is 6.20 Å². The van der Waals surface area contributed by atoms with Gasteiger partial charge in [0.25, 0.3) is 5.91 Å². The molecule has 0 aliphatic carbocycles. The van der Waals surface area contributed by atoms with Crippen molar-refractivity contribution in [3.63, 3.8) is 0 Å². The molecule has 1 saturated heterocycles. The van der Waals surface area contributed by atoms with Crippen LogP contribution in [0.1, 0.15) is 40.0 Å². The molecule has 2 aromatic rings. The fourth-order valence-electron chi connectivity index (χ4n) is 4.05. The number of amides is 2. The first kappa shape index (κ1) is 17.7. The van der Waals surface area contributed by atoms with E-state index in [1.165, 1.54) is 11.1 Å². The van der Waals surface area contributed by atoms with Gasteiger partial charge in [0.2, 0.25) is 5.91 Å². The van der Waals surface area contributed by atoms with Gasteiger partial charge in [0, 0.05) is 44.0 Å². The first-order chi connectivity index (χ1) is 13.1. The lowest BCUT2D eigenvalue weighted by Gasteiger charge is -2.36. The SMILES string of the molecule is Cc1ccc(C(=O)N2CCC(C(=O)N3CCc4ccccc4C3)CC2)cn1. The molecule has 1 aromatic heterocycles. The number of hydrogen-bond acceptors (Lipinski definition) is 3. The number of nitrogens with zero attached hydrogens (tertiary/aromatic N) is 3. The summed E-state index contributed by atoms with van der Waals surface area (Å²) < 4.78 is 0. The van der Waals surface area contributed by atoms with Crippen LogP contribution in [0.5, 0.6) is 0 Å². The number of fused-ring (bicyclic) bond motifs is 1. The summed E-state index contributed by atoms with van der Waals surface area (Å²) in [5.41, 5.74) is 4.14. The van der Waals surface area contributed by atoms with Crippen LogP contribution in [0.25, 0.3) is 0 Å². The predicted molar refractivity (Wildman–Crippen MR) is 103 cm³/mol. The third-order valence-electron chi connectivity index (χ3n) is 5.73. The molecule has 2 amide bonds. The largest absolute Gasteiger partial charge is 0.339 e. The quantitative estimate of drug-likeness (QED) is 0.824. The summed E-state index contributed by atoms with van der Waals surface area (Å²) in [5.74, 6) is 0.282. The fraction of sp³-hybridized carbons (Fsp3) is 0.409. The zero-order valence-electron chi connectivity index (χ0n) is 15.7. The molecule has 0 bridgehead atoms. The van der Waals surface area contributed by atoms with Crippen molar-refractivity contribution in [1.82, 2.24) is 14.8 Å². The molecule has 0 atom stereocenters. The summed E-state index contributed by atoms with van der Waals surface area (Å²) in [5, 5.41) is 0. The summed E-state index contributed by atoms with van der Waals surface area (Å²) in [4.78, 5) is 33.6. The lowest BCUT2D eigenvalue weighted by atomic mass is 9.92. The van der Waals surface area contributed by atoms with Gasteiger partial charge in [0.1, 0.15) is 0 Å². The van der Waals surface area contributed by atoms with Crippen LogP contribution < -0.4 is 0 Å². The highest BCUT2D eigenvalue weighted by atomic mass is 16.2. The van der Waals surface area contributed by atoms with Gasteiger partial charge in [-0.15, -0.1) is 0 Å². The molecule has 2 aliphatic rings. The van der Waals surface area contributed by atoms with Crippen molar-refractivity contribution in [3.8, 4) is 0 Å². The van der Waals surface area contributed by atoms with Crippen LogP contribution in [0.3, 0.4) is 0 Å². The predicted octanol–water partition coefficient (Wildman–Crippen LogP) is 2.83. The normalized spacial score (nSPS) is 17.5. The van der Waals surface area contributed by atoms with E-state index < -0.39 is 0 Å². The summed E-state index contributed by atoms with van der Waals surface area (Å²) >= 11 is 0. The molecule has 5 nitrogen and oxygen atoms in total. The Morgan fingerprint density at radius 3 is 2.41 bits per heavy atom. The monoisotopic (exact) mass is 363 g/mol. The van der Waals surface area contributed by atoms with E-state index >= 15 is 0 Å². The zero-order chi connectivity index (χ0) is 18.8. The van der Waals surface area contributed by atoms with E-state index in [-0.39, 0.29) is 17.7 Å². The van der Waals surface area contributed by atoms with Crippen molar-refractivity contribution in [3.05, 3.63) is 65.0 Å². The highest BCUT2D eigenvalue weighted by Crippen LogP contribution is 2.25. The third-order valence-corrected chi connectivity index (χ3v) is 5.73. The number of piperidine rings is 1. The van der Waals surface area contributed by atoms with Crippen molar-refractivity contribution in [1.29, 1.82) is 0 Å². The minimum absolute atomic E-state index is 0.0142. The van der Waals surface area contributed by atoms with Gasteiger partial charge in [-0.2, -0.15) is 0 Å². The molecular formula is C22H25N3O2. The van der Waals surface area contributed by atoms with E-state index in [9.17, 15) is 9.59 Å². The van der Waals surface area contributed by atoms with E-state index in [0.717, 1.165) is 31.5 Å². The fourth-order valence-corrected chi connectivity index (χ4v) is 4.05. The topological polar surface area (TPSA) is 53.5 Å². The minimum atomic E-state index is 0.0142. The van der Waals surface area contributed by atoms with Gasteiger partial charge < -0.3 is 9.80 Å². The van der Waals surface area contributed by atoms with Crippen LogP contribution in [0, 0.1) is 12.8 Å². The molecular weight excluding hydrogens is 338 g/mol. The summed E-state index contributed by atoms with van der Waals surface area (Å²) in [7, 11) is 0. The lowest BCUT2D eigenvalue weighted by Crippen LogP contribution is -2.45. The Morgan fingerprint density at radius 1 is 0.963 bits per heavy atom. The molecule has 0 N–H and O–H groups in total. The van der Waals surface area contributed by atoms with Crippen LogP contribution in [0.2, 0.25) is 0 Å². The molecule has 3 heterocycles. The van der Waals surface area contributed by atoms with Crippen molar-refractivity contribution in [2.24, 2.45) is 5.92 Å². The number of benzene rings is 1. The summed E-state index contributed by atoms with van der Waals surface area (Å²) in [6.07, 6.45) is 4.05. The van der Waals surface area contributed by atoms with Crippen LogP contribution in [-0.2, 0) is 17.8 Å². The van der Waals surface area contributed by atoms with E-state index in [1.807, 2.05) is 34.9 Å². The molecule has 1 fully saturated rings. The van der Waals surface area contributed by atoms with Crippen LogP contribution in [0.15, 0.2) is 42.6 Å². The highest BCUT2D eigenvalue weighted by Gasteiger charge is 2.31. The average Bonchev–Trinajstić information content (AvgIpc) is 2.73. The van der Waals surface area contributed by atoms with Gasteiger partial charge in [0.05, 0.1) is 5.56 Å². The van der Waals surface area contributed by atoms with Crippen molar-refractivity contribution in [2.45, 2.75) is 32.7 Å². The molecule has 5 heteroatoms. The lowest BCUT2D eigenvalue weighted by molar-refractivity contribution is -0.137. The number of rotatable bonds is 2. The Hall–Kier alpha value is -2.69. The highest BCUT2D eigenvalue weighted by molar-refractivity contribution is 5.94. The summed E-state index contributed by atoms with van der Waals surface area (Å²) in [6, 6.07) is 12.1. The molecule has 0 unspecified atom stereocenters. The number of pyridine rings is 1. The molecule has 27 heavy (non-hydrogen) atoms. The van der Waals surface area contributed by atoms with Gasteiger partial charge in [-0.25, -0.2) is 0 Å². The average molecular weight is 363 g/mol. The number of hydrogen-bond donors (Lipinski definition) is 0. The van der Waals surface area contributed by atoms with Crippen molar-refractivity contribution in [2.75, 3.05) is 19.6 Å². The summed E-state index contributed by atoms with van der Waals surface area (Å²) in [6.45, 7) is 4.68. The van der Waals surface area contributed by atoms with Crippen molar-refractivity contribution >= 4 is 11.8 Å². The molecule has 0 radical (unpaired) electrons. The van der Waals surface area contributed by atoms with Gasteiger partial charge in [-0.1, -0.05) is 24.3 Å². The van der Waals surface area contributed by atoms with Crippen LogP contribution >= 0.6 is 0 Å². The zero-order valence-corrected chi connectivity index (χ0v) is 15.7. The second-order valence-electron chi connectivity index (χ2n) is 7.53. The van der Waals surface area contributed by atoms with Crippen molar-refractivity contribution < 1.29 is 9.59 Å². The van der Waals surface area contributed by atoms with Crippen LogP contribution in [-0.4, -0.2) is 46.2 Å². The molecule has 140 valence electrons. The standard InChI is InChI=1S/C22H25N3O2/c1-16-6-7-19(14-23-16)22(27)24-11-9-18(10-12-24)21(26)25-13-8-17-4-2-3-5-20(17)15-25/h2-7,14,18H,8-13,15H2,1H3. The number of carbonyl (C=O) groups excluding carboxylic acids is 2. The molecule has 0 spiro atoms. The van der Waals surface area contributed by atoms with Gasteiger partial charge in [-0.3, -0.25) is 14.6 Å². The maximum atomic E-state index is 13.0. The van der Waals surface area contributed by atoms with Gasteiger partial charge >= 0.3 is 0 Å². The first-order valence-corrected chi connectivity index (χ1v) is 9.69. The maximum Gasteiger partial charge on any atom is 0.255 e. The number of aryl methyl sites for hydroxylation is 1. The van der Waals surface area contributed by atoms with E-state index in [4.69, 9.17) is 0 Å². The Balaban J connectivity index is 1.34. The van der Waals surface area contributed by atoms with Gasteiger partial charge in [0.15, 0.2) is 0 Å². The number of carbonyl (C=O) groups is 2. The number of likely N-dealkylation sites (tertiary alicyclic amines) is 1. The molecule has 4 rings (SSSR count). The first-order valence-electron chi connectivity index (χ1n) is 9.69. The smallest absolute Gasteiger partial charge is 0.255 e. The van der Waals surface area contributed by atoms with Crippen LogP contribution in [0.4, 0.5) is 0 Å². The van der Waals surface area contributed by atoms with E-state index in [2.05, 4.69) is 23.2 Å². The Labute approximate surface area is 160 Å². The molecule has 2 aliphatic heterocycles. The minimum Gasteiger partial charge on any atom is -0.339 e. The van der Waals surface area contributed by atoms with Gasteiger partial charge in [-0.05, 0) is 49.4 Å². The second kappa shape index (κ2) is 7.51. The molecule has 0 saturated carbocycles. The second-order valence-corrected chi connectivity index (χ2v) is 7.53.